The van der Waals surface area contributed by atoms with Crippen molar-refractivity contribution in [3.05, 3.63) is 40.3 Å². The Bertz CT molecular complexity index is 357. The van der Waals surface area contributed by atoms with Gasteiger partial charge in [0.2, 0.25) is 0 Å². The zero-order valence-electron chi connectivity index (χ0n) is 7.39. The normalized spacial score (nSPS) is 16.9. The highest BCUT2D eigenvalue weighted by Crippen LogP contribution is 2.21. The van der Waals surface area contributed by atoms with Crippen molar-refractivity contribution in [2.75, 3.05) is 6.54 Å². The van der Waals surface area contributed by atoms with Crippen LogP contribution in [-0.4, -0.2) is 6.54 Å². The summed E-state index contributed by atoms with van der Waals surface area (Å²) < 4.78 is 12.7. The first-order chi connectivity index (χ1) is 6.25. The second-order valence-corrected chi connectivity index (χ2v) is 3.42. The van der Waals surface area contributed by atoms with Crippen LogP contribution in [0.2, 0.25) is 5.02 Å². The smallest absolute Gasteiger partial charge is 0.124 e. The van der Waals surface area contributed by atoms with Crippen molar-refractivity contribution in [2.24, 2.45) is 0 Å². The van der Waals surface area contributed by atoms with Crippen molar-refractivity contribution >= 4 is 30.1 Å². The van der Waals surface area contributed by atoms with Gasteiger partial charge in [-0.05, 0) is 23.8 Å². The summed E-state index contributed by atoms with van der Waals surface area (Å²) in [7, 11) is 0. The molecule has 1 nitrogen and oxygen atoms in total. The quantitative estimate of drug-likeness (QED) is 0.786. The zero-order chi connectivity index (χ0) is 9.26. The van der Waals surface area contributed by atoms with Gasteiger partial charge in [0.15, 0.2) is 0 Å². The maximum absolute atomic E-state index is 12.7. The topological polar surface area (TPSA) is 12.0 Å². The predicted octanol–water partition coefficient (Wildman–Crippen LogP) is 3.24. The lowest BCUT2D eigenvalue weighted by Crippen LogP contribution is -2.27. The Morgan fingerprint density at radius 2 is 2.14 bits per heavy atom. The third kappa shape index (κ3) is 2.40. The molecule has 0 aromatic heterocycles. The number of nitrogens with one attached hydrogen (secondary N) is 1. The fraction of sp³-hybridized carbons (Fsp3) is 0.200. The van der Waals surface area contributed by atoms with Crippen LogP contribution in [-0.2, 0) is 0 Å². The summed E-state index contributed by atoms with van der Waals surface area (Å²) in [6, 6.07) is 4.42. The van der Waals surface area contributed by atoms with Gasteiger partial charge in [0, 0.05) is 18.7 Å². The molecule has 2 rings (SSSR count). The lowest BCUT2D eigenvalue weighted by atomic mass is 10.1. The molecular weight excluding hydrogens is 224 g/mol. The van der Waals surface area contributed by atoms with E-state index in [0.717, 1.165) is 24.2 Å². The monoisotopic (exact) mass is 233 g/mol. The van der Waals surface area contributed by atoms with Crippen molar-refractivity contribution in [3.8, 4) is 0 Å². The largest absolute Gasteiger partial charge is 0.388 e. The maximum atomic E-state index is 12.7. The molecule has 0 aliphatic carbocycles. The molecule has 1 fully saturated rings. The van der Waals surface area contributed by atoms with Crippen LogP contribution in [0.15, 0.2) is 23.9 Å². The molecule has 1 aromatic carbocycles. The van der Waals surface area contributed by atoms with Gasteiger partial charge >= 0.3 is 0 Å². The molecule has 0 atom stereocenters. The van der Waals surface area contributed by atoms with Gasteiger partial charge in [0.1, 0.15) is 5.82 Å². The minimum absolute atomic E-state index is 0. The molecule has 0 radical (unpaired) electrons. The lowest BCUT2D eigenvalue weighted by molar-refractivity contribution is 0.627. The minimum atomic E-state index is -0.297. The second kappa shape index (κ2) is 4.67. The highest BCUT2D eigenvalue weighted by atomic mass is 35.5. The highest BCUT2D eigenvalue weighted by molar-refractivity contribution is 6.32. The van der Waals surface area contributed by atoms with E-state index in [1.807, 2.05) is 6.08 Å². The Kier molecular flexibility index (Phi) is 3.78. The van der Waals surface area contributed by atoms with Gasteiger partial charge in [-0.3, -0.25) is 0 Å². The lowest BCUT2D eigenvalue weighted by Gasteiger charge is -2.19. The Hall–Kier alpha value is -0.730. The molecule has 1 aliphatic heterocycles. The van der Waals surface area contributed by atoms with Gasteiger partial charge in [-0.2, -0.15) is 0 Å². The Morgan fingerprint density at radius 1 is 1.43 bits per heavy atom. The van der Waals surface area contributed by atoms with Gasteiger partial charge in [0.05, 0.1) is 5.02 Å². The zero-order valence-corrected chi connectivity index (χ0v) is 8.96. The SMILES string of the molecule is Cl.Fc1ccc(C=C2CCN2)c(Cl)c1. The summed E-state index contributed by atoms with van der Waals surface area (Å²) in [4.78, 5) is 0. The minimum Gasteiger partial charge on any atom is -0.388 e. The van der Waals surface area contributed by atoms with Crippen LogP contribution in [0, 0.1) is 5.82 Å². The van der Waals surface area contributed by atoms with E-state index < -0.39 is 0 Å². The molecule has 1 aromatic rings. The number of hydrogen-bond donors (Lipinski definition) is 1. The average molecular weight is 234 g/mol. The predicted molar refractivity (Wildman–Crippen MR) is 59.3 cm³/mol. The van der Waals surface area contributed by atoms with Crippen LogP contribution < -0.4 is 5.32 Å². The van der Waals surface area contributed by atoms with Crippen LogP contribution in [0.4, 0.5) is 4.39 Å². The van der Waals surface area contributed by atoms with Gasteiger partial charge < -0.3 is 5.32 Å². The van der Waals surface area contributed by atoms with Crippen LogP contribution in [0.1, 0.15) is 12.0 Å². The molecular formula is C10H10Cl2FN. The van der Waals surface area contributed by atoms with E-state index in [4.69, 9.17) is 11.6 Å². The summed E-state index contributed by atoms with van der Waals surface area (Å²) in [6.07, 6.45) is 3.00. The third-order valence-electron chi connectivity index (χ3n) is 2.04. The van der Waals surface area contributed by atoms with Crippen LogP contribution in [0.25, 0.3) is 6.08 Å². The van der Waals surface area contributed by atoms with Crippen LogP contribution in [0.5, 0.6) is 0 Å². The van der Waals surface area contributed by atoms with Crippen LogP contribution >= 0.6 is 24.0 Å². The van der Waals surface area contributed by atoms with E-state index in [0.29, 0.717) is 5.02 Å². The van der Waals surface area contributed by atoms with Crippen LogP contribution in [0.3, 0.4) is 0 Å². The number of hydrogen-bond acceptors (Lipinski definition) is 1. The Balaban J connectivity index is 0.000000980. The summed E-state index contributed by atoms with van der Waals surface area (Å²) in [5.41, 5.74) is 2.03. The number of rotatable bonds is 1. The number of halogens is 3. The molecule has 0 spiro atoms. The first kappa shape index (κ1) is 11.3. The molecule has 0 bridgehead atoms. The first-order valence-electron chi connectivity index (χ1n) is 4.15. The van der Waals surface area contributed by atoms with Gasteiger partial charge in [0.25, 0.3) is 0 Å². The van der Waals surface area contributed by atoms with E-state index in [1.165, 1.54) is 12.1 Å². The maximum Gasteiger partial charge on any atom is 0.124 e. The molecule has 4 heteroatoms. The molecule has 1 heterocycles. The molecule has 76 valence electrons. The summed E-state index contributed by atoms with van der Waals surface area (Å²) in [5.74, 6) is -0.297. The van der Waals surface area contributed by atoms with Crippen molar-refractivity contribution in [1.82, 2.24) is 5.32 Å². The molecule has 1 aliphatic rings. The fourth-order valence-corrected chi connectivity index (χ4v) is 1.42. The van der Waals surface area contributed by atoms with Crippen molar-refractivity contribution in [3.63, 3.8) is 0 Å². The van der Waals surface area contributed by atoms with Crippen molar-refractivity contribution < 1.29 is 4.39 Å². The van der Waals surface area contributed by atoms with Gasteiger partial charge in [-0.1, -0.05) is 17.7 Å². The standard InChI is InChI=1S/C10H9ClFN.ClH/c11-10-6-8(12)2-1-7(10)5-9-3-4-13-9;/h1-2,5-6,13H,3-4H2;1H. The summed E-state index contributed by atoms with van der Waals surface area (Å²) >= 11 is 5.84. The van der Waals surface area contributed by atoms with E-state index in [9.17, 15) is 4.39 Å². The fourth-order valence-electron chi connectivity index (χ4n) is 1.20. The molecule has 0 unspecified atom stereocenters. The Morgan fingerprint density at radius 3 is 2.64 bits per heavy atom. The molecule has 1 saturated heterocycles. The van der Waals surface area contributed by atoms with Gasteiger partial charge in [-0.15, -0.1) is 12.4 Å². The average Bonchev–Trinajstić information content (AvgIpc) is 1.99. The van der Waals surface area contributed by atoms with E-state index in [1.54, 1.807) is 6.07 Å². The summed E-state index contributed by atoms with van der Waals surface area (Å²) in [6.45, 7) is 1.02. The molecule has 1 N–H and O–H groups in total. The molecule has 0 amide bonds. The first-order valence-corrected chi connectivity index (χ1v) is 4.53. The highest BCUT2D eigenvalue weighted by Gasteiger charge is 2.07. The third-order valence-corrected chi connectivity index (χ3v) is 2.37. The van der Waals surface area contributed by atoms with E-state index in [2.05, 4.69) is 5.32 Å². The van der Waals surface area contributed by atoms with Crippen molar-refractivity contribution in [1.29, 1.82) is 0 Å². The number of benzene rings is 1. The Labute approximate surface area is 93.4 Å². The van der Waals surface area contributed by atoms with Crippen molar-refractivity contribution in [2.45, 2.75) is 6.42 Å². The molecule has 0 saturated carbocycles. The van der Waals surface area contributed by atoms with Gasteiger partial charge in [-0.25, -0.2) is 4.39 Å². The second-order valence-electron chi connectivity index (χ2n) is 3.01. The molecule has 14 heavy (non-hydrogen) atoms. The summed E-state index contributed by atoms with van der Waals surface area (Å²) in [5, 5.41) is 3.60. The van der Waals surface area contributed by atoms with E-state index >= 15 is 0 Å². The van der Waals surface area contributed by atoms with E-state index in [-0.39, 0.29) is 18.2 Å².